The van der Waals surface area contributed by atoms with Gasteiger partial charge in [0.05, 0.1) is 27.8 Å². The second kappa shape index (κ2) is 9.39. The molecule has 0 atom stereocenters. The Labute approximate surface area is 210 Å². The Kier molecular flexibility index (Phi) is 6.12. The molecule has 1 amide bonds. The van der Waals surface area contributed by atoms with E-state index in [1.54, 1.807) is 49.4 Å². The van der Waals surface area contributed by atoms with Crippen LogP contribution in [-0.4, -0.2) is 23.5 Å². The number of thiazole rings is 1. The molecule has 0 bridgehead atoms. The number of fused-ring (bicyclic) bond motifs is 2. The number of hydrogen-bond donors (Lipinski definition) is 1. The van der Waals surface area contributed by atoms with Crippen molar-refractivity contribution in [2.45, 2.75) is 20.8 Å². The molecule has 0 aliphatic rings. The fourth-order valence-corrected chi connectivity index (χ4v) is 4.93. The minimum absolute atomic E-state index is 0.109. The summed E-state index contributed by atoms with van der Waals surface area (Å²) in [7, 11) is 0. The summed E-state index contributed by atoms with van der Waals surface area (Å²) in [4.78, 5) is 41.9. The topological polar surface area (TPSA) is 98.5 Å². The fraction of sp³-hybridized carbons (Fsp3) is 0.143. The molecule has 1 N–H and O–H groups in total. The second-order valence-corrected chi connectivity index (χ2v) is 9.42. The quantitative estimate of drug-likeness (QED) is 0.293. The summed E-state index contributed by atoms with van der Waals surface area (Å²) < 4.78 is 11.8. The minimum Gasteiger partial charge on any atom is -0.462 e. The van der Waals surface area contributed by atoms with Crippen molar-refractivity contribution in [3.8, 4) is 11.3 Å². The van der Waals surface area contributed by atoms with Gasteiger partial charge in [0.25, 0.3) is 5.91 Å². The van der Waals surface area contributed by atoms with Crippen LogP contribution in [0.1, 0.15) is 38.8 Å². The first-order chi connectivity index (χ1) is 17.3. The maximum Gasteiger partial charge on any atom is 0.338 e. The predicted octanol–water partition coefficient (Wildman–Crippen LogP) is 6.12. The third-order valence-electron chi connectivity index (χ3n) is 5.71. The van der Waals surface area contributed by atoms with Gasteiger partial charge in [0, 0.05) is 17.2 Å². The van der Waals surface area contributed by atoms with Gasteiger partial charge in [-0.1, -0.05) is 29.5 Å². The Hall–Kier alpha value is -4.30. The Morgan fingerprint density at radius 2 is 1.75 bits per heavy atom. The van der Waals surface area contributed by atoms with Crippen molar-refractivity contribution < 1.29 is 18.7 Å². The summed E-state index contributed by atoms with van der Waals surface area (Å²) in [6.45, 7) is 5.91. The summed E-state index contributed by atoms with van der Waals surface area (Å²) in [5.74, 6) is -0.279. The van der Waals surface area contributed by atoms with Crippen LogP contribution in [0.15, 0.2) is 69.9 Å². The van der Waals surface area contributed by atoms with E-state index in [2.05, 4.69) is 10.3 Å². The number of amides is 1. The van der Waals surface area contributed by atoms with E-state index >= 15 is 0 Å². The molecule has 36 heavy (non-hydrogen) atoms. The third-order valence-corrected chi connectivity index (χ3v) is 6.64. The lowest BCUT2D eigenvalue weighted by Gasteiger charge is -2.07. The van der Waals surface area contributed by atoms with Crippen LogP contribution in [0.2, 0.25) is 0 Å². The molecule has 0 radical (unpaired) electrons. The zero-order chi connectivity index (χ0) is 25.4. The fourth-order valence-electron chi connectivity index (χ4n) is 4.03. The molecule has 5 rings (SSSR count). The third kappa shape index (κ3) is 4.50. The Morgan fingerprint density at radius 3 is 2.50 bits per heavy atom. The van der Waals surface area contributed by atoms with Gasteiger partial charge in [-0.25, -0.2) is 9.78 Å². The van der Waals surface area contributed by atoms with Crippen LogP contribution in [0.4, 0.5) is 5.13 Å². The van der Waals surface area contributed by atoms with E-state index < -0.39 is 5.97 Å². The summed E-state index contributed by atoms with van der Waals surface area (Å²) >= 11 is 1.27. The Bertz CT molecular complexity index is 1700. The highest BCUT2D eigenvalue weighted by Gasteiger charge is 2.14. The molecule has 7 nitrogen and oxygen atoms in total. The van der Waals surface area contributed by atoms with Crippen molar-refractivity contribution in [2.75, 3.05) is 11.9 Å². The van der Waals surface area contributed by atoms with E-state index in [4.69, 9.17) is 9.15 Å². The number of hydrogen-bond acceptors (Lipinski definition) is 7. The molecule has 2 heterocycles. The monoisotopic (exact) mass is 498 g/mol. The van der Waals surface area contributed by atoms with Crippen molar-refractivity contribution in [3.63, 3.8) is 0 Å². The van der Waals surface area contributed by atoms with Gasteiger partial charge in [-0.3, -0.25) is 14.9 Å². The number of nitrogens with zero attached hydrogens (tertiary/aromatic N) is 1. The van der Waals surface area contributed by atoms with Crippen molar-refractivity contribution >= 4 is 49.5 Å². The number of ether oxygens (including phenoxy) is 1. The molecule has 180 valence electrons. The first-order valence-electron chi connectivity index (χ1n) is 11.4. The SMILES string of the molecule is CCOC(=O)c1ccc2nc(NC(=O)c3ccc(-c4cc(=O)c5cc(C)cc(C)c5o4)cc3)sc2c1. The molecule has 0 unspecified atom stereocenters. The van der Waals surface area contributed by atoms with E-state index in [1.165, 1.54) is 17.4 Å². The van der Waals surface area contributed by atoms with E-state index in [9.17, 15) is 14.4 Å². The predicted molar refractivity (Wildman–Crippen MR) is 141 cm³/mol. The first-order valence-corrected chi connectivity index (χ1v) is 12.2. The molecule has 0 aliphatic heterocycles. The van der Waals surface area contributed by atoms with Gasteiger partial charge in [0.1, 0.15) is 11.3 Å². The largest absolute Gasteiger partial charge is 0.462 e. The van der Waals surface area contributed by atoms with Gasteiger partial charge in [-0.15, -0.1) is 0 Å². The van der Waals surface area contributed by atoms with Crippen molar-refractivity contribution in [1.82, 2.24) is 4.98 Å². The van der Waals surface area contributed by atoms with Gasteiger partial charge in [0.2, 0.25) is 0 Å². The molecule has 0 saturated heterocycles. The van der Waals surface area contributed by atoms with Gasteiger partial charge in [-0.2, -0.15) is 0 Å². The van der Waals surface area contributed by atoms with Crippen LogP contribution >= 0.6 is 11.3 Å². The van der Waals surface area contributed by atoms with Crippen molar-refractivity contribution in [2.24, 2.45) is 0 Å². The molecule has 3 aromatic carbocycles. The van der Waals surface area contributed by atoms with Crippen LogP contribution < -0.4 is 10.7 Å². The second-order valence-electron chi connectivity index (χ2n) is 8.39. The summed E-state index contributed by atoms with van der Waals surface area (Å²) in [5.41, 5.74) is 4.58. The normalized spacial score (nSPS) is 11.1. The van der Waals surface area contributed by atoms with Crippen LogP contribution in [0.5, 0.6) is 0 Å². The van der Waals surface area contributed by atoms with Crippen LogP contribution in [0.25, 0.3) is 32.5 Å². The number of anilines is 1. The molecule has 0 spiro atoms. The highest BCUT2D eigenvalue weighted by molar-refractivity contribution is 7.22. The van der Waals surface area contributed by atoms with E-state index in [0.717, 1.165) is 15.8 Å². The van der Waals surface area contributed by atoms with E-state index in [1.807, 2.05) is 26.0 Å². The highest BCUT2D eigenvalue weighted by atomic mass is 32.1. The number of aryl methyl sites for hydroxylation is 2. The molecular weight excluding hydrogens is 476 g/mol. The smallest absolute Gasteiger partial charge is 0.338 e. The molecule has 8 heteroatoms. The van der Waals surface area contributed by atoms with E-state index in [-0.39, 0.29) is 11.3 Å². The van der Waals surface area contributed by atoms with Crippen LogP contribution in [0.3, 0.4) is 0 Å². The Morgan fingerprint density at radius 1 is 1.00 bits per heavy atom. The summed E-state index contributed by atoms with van der Waals surface area (Å²) in [6, 6.07) is 17.2. The average Bonchev–Trinajstić information content (AvgIpc) is 3.26. The number of esters is 1. The van der Waals surface area contributed by atoms with Crippen molar-refractivity contribution in [3.05, 3.63) is 93.1 Å². The summed E-state index contributed by atoms with van der Waals surface area (Å²) in [6.07, 6.45) is 0. The molecule has 0 saturated carbocycles. The molecule has 0 aliphatic carbocycles. The lowest BCUT2D eigenvalue weighted by molar-refractivity contribution is 0.0526. The lowest BCUT2D eigenvalue weighted by atomic mass is 10.1. The molecular formula is C28H22N2O5S. The Balaban J connectivity index is 1.37. The maximum atomic E-state index is 12.8. The zero-order valence-corrected chi connectivity index (χ0v) is 20.7. The minimum atomic E-state index is -0.397. The number of carbonyl (C=O) groups is 2. The number of rotatable bonds is 5. The van der Waals surface area contributed by atoms with Crippen LogP contribution in [0, 0.1) is 13.8 Å². The number of aromatic nitrogens is 1. The lowest BCUT2D eigenvalue weighted by Crippen LogP contribution is -2.11. The van der Waals surface area contributed by atoms with Gasteiger partial charge >= 0.3 is 5.97 Å². The van der Waals surface area contributed by atoms with Gasteiger partial charge < -0.3 is 9.15 Å². The zero-order valence-electron chi connectivity index (χ0n) is 19.9. The first kappa shape index (κ1) is 23.4. The average molecular weight is 499 g/mol. The van der Waals surface area contributed by atoms with Gasteiger partial charge in [0.15, 0.2) is 10.6 Å². The van der Waals surface area contributed by atoms with Gasteiger partial charge in [-0.05, 0) is 68.3 Å². The maximum absolute atomic E-state index is 12.8. The number of carbonyl (C=O) groups excluding carboxylic acids is 2. The number of nitrogens with one attached hydrogen (secondary N) is 1. The standard InChI is InChI=1S/C28H22N2O5S/c1-4-34-27(33)19-9-10-21-24(13-19)36-28(29-21)30-26(32)18-7-5-17(6-8-18)23-14-22(31)20-12-15(2)11-16(3)25(20)35-23/h5-14H,4H2,1-3H3,(H,29,30,32). The summed E-state index contributed by atoms with van der Waals surface area (Å²) in [5, 5.41) is 3.78. The molecule has 0 fully saturated rings. The van der Waals surface area contributed by atoms with Crippen LogP contribution in [-0.2, 0) is 4.74 Å². The highest BCUT2D eigenvalue weighted by Crippen LogP contribution is 2.28. The van der Waals surface area contributed by atoms with Crippen molar-refractivity contribution in [1.29, 1.82) is 0 Å². The molecule has 2 aromatic heterocycles. The van der Waals surface area contributed by atoms with E-state index in [0.29, 0.717) is 50.7 Å². The molecule has 5 aromatic rings. The number of benzene rings is 3.